The molecule has 76 valence electrons. The Labute approximate surface area is 82.5 Å². The number of benzene rings is 1. The van der Waals surface area contributed by atoms with Crippen LogP contribution in [0.3, 0.4) is 0 Å². The minimum absolute atomic E-state index is 0.240. The highest BCUT2D eigenvalue weighted by Gasteiger charge is 2.21. The van der Waals surface area contributed by atoms with Crippen LogP contribution in [0.1, 0.15) is 18.4 Å². The summed E-state index contributed by atoms with van der Waals surface area (Å²) < 4.78 is 0. The van der Waals surface area contributed by atoms with Crippen LogP contribution in [0.15, 0.2) is 24.3 Å². The number of nitrogen functional groups attached to an aromatic ring is 1. The molecule has 4 nitrogen and oxygen atoms in total. The smallest absolute Gasteiger partial charge is 0.321 e. The Morgan fingerprint density at radius 1 is 1.50 bits per heavy atom. The van der Waals surface area contributed by atoms with Gasteiger partial charge in [0.2, 0.25) is 0 Å². The molecule has 0 aliphatic rings. The fourth-order valence-electron chi connectivity index (χ4n) is 1.26. The van der Waals surface area contributed by atoms with Crippen LogP contribution < -0.4 is 11.5 Å². The third-order valence-corrected chi connectivity index (χ3v) is 2.26. The molecule has 0 fully saturated rings. The minimum Gasteiger partial charge on any atom is -0.480 e. The van der Waals surface area contributed by atoms with Crippen molar-refractivity contribution < 1.29 is 9.90 Å². The van der Waals surface area contributed by atoms with Gasteiger partial charge in [-0.05, 0) is 17.7 Å². The fourth-order valence-corrected chi connectivity index (χ4v) is 1.26. The van der Waals surface area contributed by atoms with Crippen LogP contribution >= 0.6 is 0 Å². The van der Waals surface area contributed by atoms with Crippen molar-refractivity contribution in [3.05, 3.63) is 29.8 Å². The van der Waals surface area contributed by atoms with Crippen molar-refractivity contribution in [3.8, 4) is 0 Å². The minimum atomic E-state index is -1.00. The molecule has 4 heteroatoms. The lowest BCUT2D eigenvalue weighted by molar-refractivity contribution is -0.139. The highest BCUT2D eigenvalue weighted by Crippen LogP contribution is 2.20. The summed E-state index contributed by atoms with van der Waals surface area (Å²) in [7, 11) is 0. The molecular formula is C10H14N2O2. The SMILES string of the molecule is CC(c1cccc(N)c1)C(N)C(=O)O. The first-order chi connectivity index (χ1) is 6.52. The molecule has 0 radical (unpaired) electrons. The molecule has 1 rings (SSSR count). The lowest BCUT2D eigenvalue weighted by Crippen LogP contribution is -2.35. The molecule has 0 spiro atoms. The second-order valence-corrected chi connectivity index (χ2v) is 3.32. The van der Waals surface area contributed by atoms with Crippen LogP contribution in [0.4, 0.5) is 5.69 Å². The quantitative estimate of drug-likeness (QED) is 0.620. The molecule has 0 bridgehead atoms. The molecule has 0 aliphatic carbocycles. The van der Waals surface area contributed by atoms with Crippen molar-refractivity contribution in [3.63, 3.8) is 0 Å². The maximum atomic E-state index is 10.6. The van der Waals surface area contributed by atoms with Crippen LogP contribution in [0.25, 0.3) is 0 Å². The van der Waals surface area contributed by atoms with Gasteiger partial charge in [0.15, 0.2) is 0 Å². The Balaban J connectivity index is 2.89. The maximum Gasteiger partial charge on any atom is 0.321 e. The molecule has 0 saturated heterocycles. The average molecular weight is 194 g/mol. The number of hydrogen-bond acceptors (Lipinski definition) is 3. The molecule has 0 heterocycles. The number of carbonyl (C=O) groups is 1. The van der Waals surface area contributed by atoms with Crippen molar-refractivity contribution in [2.75, 3.05) is 5.73 Å². The van der Waals surface area contributed by atoms with Crippen LogP contribution in [0.5, 0.6) is 0 Å². The third-order valence-electron chi connectivity index (χ3n) is 2.26. The summed E-state index contributed by atoms with van der Waals surface area (Å²) in [6.07, 6.45) is 0. The summed E-state index contributed by atoms with van der Waals surface area (Å²) in [5, 5.41) is 8.73. The molecule has 2 atom stereocenters. The van der Waals surface area contributed by atoms with E-state index in [0.717, 1.165) is 5.56 Å². The van der Waals surface area contributed by atoms with E-state index in [9.17, 15) is 4.79 Å². The first-order valence-corrected chi connectivity index (χ1v) is 4.36. The van der Waals surface area contributed by atoms with Gasteiger partial charge in [-0.25, -0.2) is 0 Å². The van der Waals surface area contributed by atoms with Crippen LogP contribution in [-0.2, 0) is 4.79 Å². The van der Waals surface area contributed by atoms with E-state index in [1.54, 1.807) is 25.1 Å². The standard InChI is InChI=1S/C10H14N2O2/c1-6(9(12)10(13)14)7-3-2-4-8(11)5-7/h2-6,9H,11-12H2,1H3,(H,13,14). The van der Waals surface area contributed by atoms with Crippen molar-refractivity contribution in [2.45, 2.75) is 18.9 Å². The van der Waals surface area contributed by atoms with Gasteiger partial charge in [-0.1, -0.05) is 19.1 Å². The Bertz CT molecular complexity index is 339. The van der Waals surface area contributed by atoms with E-state index in [-0.39, 0.29) is 5.92 Å². The van der Waals surface area contributed by atoms with E-state index in [4.69, 9.17) is 16.6 Å². The topological polar surface area (TPSA) is 89.3 Å². The fraction of sp³-hybridized carbons (Fsp3) is 0.300. The van der Waals surface area contributed by atoms with Gasteiger partial charge in [0.1, 0.15) is 6.04 Å². The number of anilines is 1. The Kier molecular flexibility index (Phi) is 3.09. The largest absolute Gasteiger partial charge is 0.480 e. The second-order valence-electron chi connectivity index (χ2n) is 3.32. The zero-order valence-electron chi connectivity index (χ0n) is 7.97. The predicted molar refractivity (Wildman–Crippen MR) is 54.9 cm³/mol. The van der Waals surface area contributed by atoms with Gasteiger partial charge in [-0.3, -0.25) is 4.79 Å². The summed E-state index contributed by atoms with van der Waals surface area (Å²) in [6.45, 7) is 1.77. The van der Waals surface area contributed by atoms with Gasteiger partial charge in [0.05, 0.1) is 0 Å². The van der Waals surface area contributed by atoms with Crippen molar-refractivity contribution in [1.29, 1.82) is 0 Å². The number of hydrogen-bond donors (Lipinski definition) is 3. The van der Waals surface area contributed by atoms with Gasteiger partial charge in [0, 0.05) is 11.6 Å². The molecular weight excluding hydrogens is 180 g/mol. The van der Waals surface area contributed by atoms with Crippen molar-refractivity contribution >= 4 is 11.7 Å². The average Bonchev–Trinajstić information content (AvgIpc) is 2.15. The van der Waals surface area contributed by atoms with Gasteiger partial charge in [-0.2, -0.15) is 0 Å². The van der Waals surface area contributed by atoms with Gasteiger partial charge >= 0.3 is 5.97 Å². The summed E-state index contributed by atoms with van der Waals surface area (Å²) in [6, 6.07) is 6.21. The van der Waals surface area contributed by atoms with E-state index in [2.05, 4.69) is 0 Å². The number of aliphatic carboxylic acids is 1. The lowest BCUT2D eigenvalue weighted by Gasteiger charge is -2.16. The van der Waals surface area contributed by atoms with Gasteiger partial charge < -0.3 is 16.6 Å². The molecule has 2 unspecified atom stereocenters. The summed E-state index contributed by atoms with van der Waals surface area (Å²) in [4.78, 5) is 10.6. The molecule has 5 N–H and O–H groups in total. The van der Waals surface area contributed by atoms with E-state index in [0.29, 0.717) is 5.69 Å². The lowest BCUT2D eigenvalue weighted by atomic mass is 9.94. The molecule has 0 aromatic heterocycles. The van der Waals surface area contributed by atoms with Crippen LogP contribution in [-0.4, -0.2) is 17.1 Å². The monoisotopic (exact) mass is 194 g/mol. The Hall–Kier alpha value is -1.55. The molecule has 14 heavy (non-hydrogen) atoms. The Morgan fingerprint density at radius 2 is 2.14 bits per heavy atom. The predicted octanol–water partition coefficient (Wildman–Crippen LogP) is 0.784. The van der Waals surface area contributed by atoms with E-state index in [1.165, 1.54) is 0 Å². The van der Waals surface area contributed by atoms with Crippen molar-refractivity contribution in [1.82, 2.24) is 0 Å². The van der Waals surface area contributed by atoms with Crippen LogP contribution in [0, 0.1) is 0 Å². The number of nitrogens with two attached hydrogens (primary N) is 2. The molecule has 1 aromatic rings. The number of carboxylic acid groups (broad SMARTS) is 1. The first-order valence-electron chi connectivity index (χ1n) is 4.36. The molecule has 0 saturated carbocycles. The highest BCUT2D eigenvalue weighted by molar-refractivity contribution is 5.74. The van der Waals surface area contributed by atoms with E-state index in [1.807, 2.05) is 6.07 Å². The highest BCUT2D eigenvalue weighted by atomic mass is 16.4. The molecule has 0 aliphatic heterocycles. The van der Waals surface area contributed by atoms with Crippen molar-refractivity contribution in [2.24, 2.45) is 5.73 Å². The zero-order valence-corrected chi connectivity index (χ0v) is 7.97. The normalized spacial score (nSPS) is 14.7. The van der Waals surface area contributed by atoms with Gasteiger partial charge in [-0.15, -0.1) is 0 Å². The summed E-state index contributed by atoms with van der Waals surface area (Å²) >= 11 is 0. The molecule has 0 amide bonds. The maximum absolute atomic E-state index is 10.6. The van der Waals surface area contributed by atoms with Gasteiger partial charge in [0.25, 0.3) is 0 Å². The molecule has 1 aromatic carbocycles. The third kappa shape index (κ3) is 2.23. The Morgan fingerprint density at radius 3 is 2.64 bits per heavy atom. The number of rotatable bonds is 3. The summed E-state index contributed by atoms with van der Waals surface area (Å²) in [5.74, 6) is -1.24. The zero-order chi connectivity index (χ0) is 10.7. The number of carboxylic acids is 1. The van der Waals surface area contributed by atoms with E-state index >= 15 is 0 Å². The first kappa shape index (κ1) is 10.5. The summed E-state index contributed by atoms with van der Waals surface area (Å²) in [5.41, 5.74) is 12.6. The van der Waals surface area contributed by atoms with Crippen LogP contribution in [0.2, 0.25) is 0 Å². The van der Waals surface area contributed by atoms with E-state index < -0.39 is 12.0 Å². The second kappa shape index (κ2) is 4.11.